The number of hydrogen-bond donors (Lipinski definition) is 0. The lowest BCUT2D eigenvalue weighted by molar-refractivity contribution is 0.452. The summed E-state index contributed by atoms with van der Waals surface area (Å²) in [5, 5.41) is 0. The van der Waals surface area contributed by atoms with Crippen LogP contribution in [0.1, 0.15) is 30.9 Å². The first kappa shape index (κ1) is 20.8. The SMILES string of the molecule is CCN(c1ccccc1)S(=O)(=O)c1ccc(Oc2ccc3c4c2CCCN4CCC3)nc1. The average Bonchev–Trinajstić information content (AvgIpc) is 2.82. The molecule has 0 amide bonds. The molecule has 2 aliphatic heterocycles. The minimum Gasteiger partial charge on any atom is -0.439 e. The molecule has 0 fully saturated rings. The second-order valence-corrected chi connectivity index (χ2v) is 10.0. The fourth-order valence-corrected chi connectivity index (χ4v) is 6.17. The van der Waals surface area contributed by atoms with Crippen LogP contribution in [0.5, 0.6) is 11.6 Å². The van der Waals surface area contributed by atoms with Crippen molar-refractivity contribution in [2.75, 3.05) is 28.8 Å². The Bertz CT molecular complexity index is 1210. The molecule has 6 nitrogen and oxygen atoms in total. The highest BCUT2D eigenvalue weighted by Crippen LogP contribution is 2.41. The molecule has 166 valence electrons. The van der Waals surface area contributed by atoms with Crippen molar-refractivity contribution in [3.05, 3.63) is 71.9 Å². The van der Waals surface area contributed by atoms with Crippen LogP contribution in [0.3, 0.4) is 0 Å². The zero-order chi connectivity index (χ0) is 22.1. The van der Waals surface area contributed by atoms with Crippen molar-refractivity contribution in [3.63, 3.8) is 0 Å². The van der Waals surface area contributed by atoms with Gasteiger partial charge in [-0.25, -0.2) is 13.4 Å². The van der Waals surface area contributed by atoms with E-state index in [1.165, 1.54) is 33.7 Å². The van der Waals surface area contributed by atoms with Crippen LogP contribution in [0.2, 0.25) is 0 Å². The van der Waals surface area contributed by atoms with Crippen LogP contribution in [-0.4, -0.2) is 33.0 Å². The van der Waals surface area contributed by atoms with Crippen molar-refractivity contribution in [2.24, 2.45) is 0 Å². The number of pyridine rings is 1. The van der Waals surface area contributed by atoms with Gasteiger partial charge in [-0.3, -0.25) is 4.31 Å². The van der Waals surface area contributed by atoms with Crippen LogP contribution in [0.15, 0.2) is 65.7 Å². The molecular formula is C25H27N3O3S. The molecule has 1 aromatic heterocycles. The Morgan fingerprint density at radius 1 is 1.00 bits per heavy atom. The molecule has 2 aromatic carbocycles. The van der Waals surface area contributed by atoms with Gasteiger partial charge in [0, 0.05) is 37.0 Å². The number of aryl methyl sites for hydroxylation is 1. The van der Waals surface area contributed by atoms with Gasteiger partial charge in [0.1, 0.15) is 10.6 Å². The van der Waals surface area contributed by atoms with E-state index < -0.39 is 10.0 Å². The molecule has 0 N–H and O–H groups in total. The van der Waals surface area contributed by atoms with E-state index in [0.29, 0.717) is 18.1 Å². The zero-order valence-electron chi connectivity index (χ0n) is 18.2. The fraction of sp³-hybridized carbons (Fsp3) is 0.320. The maximum atomic E-state index is 13.2. The van der Waals surface area contributed by atoms with Crippen molar-refractivity contribution in [1.29, 1.82) is 0 Å². The molecule has 0 saturated heterocycles. The predicted molar refractivity (Wildman–Crippen MR) is 126 cm³/mol. The van der Waals surface area contributed by atoms with Gasteiger partial charge < -0.3 is 9.64 Å². The topological polar surface area (TPSA) is 62.7 Å². The lowest BCUT2D eigenvalue weighted by Gasteiger charge is -2.37. The largest absolute Gasteiger partial charge is 0.439 e. The molecule has 0 atom stereocenters. The van der Waals surface area contributed by atoms with Crippen molar-refractivity contribution < 1.29 is 13.2 Å². The smallest absolute Gasteiger partial charge is 0.265 e. The highest BCUT2D eigenvalue weighted by atomic mass is 32.2. The lowest BCUT2D eigenvalue weighted by atomic mass is 9.91. The van der Waals surface area contributed by atoms with E-state index in [1.807, 2.05) is 31.2 Å². The second-order valence-electron chi connectivity index (χ2n) is 8.18. The van der Waals surface area contributed by atoms with Gasteiger partial charge in [-0.05, 0) is 62.4 Å². The highest BCUT2D eigenvalue weighted by molar-refractivity contribution is 7.92. The van der Waals surface area contributed by atoms with E-state index in [4.69, 9.17) is 4.74 Å². The summed E-state index contributed by atoms with van der Waals surface area (Å²) in [5.41, 5.74) is 4.61. The van der Waals surface area contributed by atoms with E-state index in [2.05, 4.69) is 16.0 Å². The Morgan fingerprint density at radius 3 is 2.50 bits per heavy atom. The maximum Gasteiger partial charge on any atom is 0.265 e. The third-order valence-corrected chi connectivity index (χ3v) is 8.10. The summed E-state index contributed by atoms with van der Waals surface area (Å²) in [4.78, 5) is 6.95. The van der Waals surface area contributed by atoms with Gasteiger partial charge in [-0.1, -0.05) is 24.3 Å². The van der Waals surface area contributed by atoms with E-state index in [0.717, 1.165) is 38.1 Å². The number of sulfonamides is 1. The zero-order valence-corrected chi connectivity index (χ0v) is 19.0. The summed E-state index contributed by atoms with van der Waals surface area (Å²) in [5.74, 6) is 1.22. The number of nitrogens with zero attached hydrogens (tertiary/aromatic N) is 3. The predicted octanol–water partition coefficient (Wildman–Crippen LogP) is 4.79. The lowest BCUT2D eigenvalue weighted by Crippen LogP contribution is -2.34. The summed E-state index contributed by atoms with van der Waals surface area (Å²) in [6, 6.07) is 16.5. The number of aromatic nitrogens is 1. The number of hydrogen-bond acceptors (Lipinski definition) is 5. The van der Waals surface area contributed by atoms with Crippen LogP contribution < -0.4 is 13.9 Å². The number of benzene rings is 2. The van der Waals surface area contributed by atoms with Crippen LogP contribution in [0.4, 0.5) is 11.4 Å². The van der Waals surface area contributed by atoms with E-state index in [-0.39, 0.29) is 4.90 Å². The monoisotopic (exact) mass is 449 g/mol. The Balaban J connectivity index is 1.41. The molecule has 0 unspecified atom stereocenters. The van der Waals surface area contributed by atoms with Gasteiger partial charge >= 0.3 is 0 Å². The molecule has 5 rings (SSSR count). The Kier molecular flexibility index (Phi) is 5.51. The van der Waals surface area contributed by atoms with Gasteiger partial charge in [0.2, 0.25) is 5.88 Å². The molecule has 32 heavy (non-hydrogen) atoms. The molecule has 3 heterocycles. The third kappa shape index (κ3) is 3.71. The Labute approximate surface area is 189 Å². The number of ether oxygens (including phenoxy) is 1. The second kappa shape index (κ2) is 8.47. The normalized spacial score (nSPS) is 15.2. The first-order chi connectivity index (χ1) is 15.6. The molecule has 0 saturated carbocycles. The minimum absolute atomic E-state index is 0.147. The van der Waals surface area contributed by atoms with Gasteiger partial charge in [-0.15, -0.1) is 0 Å². The Morgan fingerprint density at radius 2 is 1.78 bits per heavy atom. The molecule has 0 radical (unpaired) electrons. The van der Waals surface area contributed by atoms with Crippen LogP contribution in [-0.2, 0) is 22.9 Å². The van der Waals surface area contributed by atoms with E-state index in [9.17, 15) is 8.42 Å². The number of anilines is 2. The molecule has 0 aliphatic carbocycles. The van der Waals surface area contributed by atoms with Crippen molar-refractivity contribution in [3.8, 4) is 11.6 Å². The van der Waals surface area contributed by atoms with Gasteiger partial charge in [0.05, 0.1) is 11.9 Å². The van der Waals surface area contributed by atoms with Crippen LogP contribution in [0.25, 0.3) is 0 Å². The number of para-hydroxylation sites is 1. The maximum absolute atomic E-state index is 13.2. The van der Waals surface area contributed by atoms with Gasteiger partial charge in [0.25, 0.3) is 10.0 Å². The molecule has 7 heteroatoms. The van der Waals surface area contributed by atoms with Gasteiger partial charge in [-0.2, -0.15) is 0 Å². The summed E-state index contributed by atoms with van der Waals surface area (Å²) in [6.07, 6.45) is 5.79. The number of rotatable bonds is 6. The highest BCUT2D eigenvalue weighted by Gasteiger charge is 2.27. The Hall–Kier alpha value is -3.06. The van der Waals surface area contributed by atoms with Gasteiger partial charge in [0.15, 0.2) is 0 Å². The minimum atomic E-state index is -3.71. The first-order valence-electron chi connectivity index (χ1n) is 11.2. The molecule has 0 bridgehead atoms. The first-order valence-corrected chi connectivity index (χ1v) is 12.6. The molecular weight excluding hydrogens is 422 g/mol. The summed E-state index contributed by atoms with van der Waals surface area (Å²) in [7, 11) is -3.71. The van der Waals surface area contributed by atoms with Crippen LogP contribution >= 0.6 is 0 Å². The molecule has 0 spiro atoms. The van der Waals surface area contributed by atoms with Crippen molar-refractivity contribution >= 4 is 21.4 Å². The standard InChI is InChI=1S/C25H27N3O3S/c1-2-28(20-9-4-3-5-10-20)32(29,30)21-13-15-24(26-18-21)31-23-14-12-19-8-6-16-27-17-7-11-22(23)25(19)27/h3-5,9-10,12-15,18H,2,6-8,11,16-17H2,1H3. The third-order valence-electron chi connectivity index (χ3n) is 6.21. The quantitative estimate of drug-likeness (QED) is 0.542. The van der Waals surface area contributed by atoms with Crippen LogP contribution in [0, 0.1) is 0 Å². The summed E-state index contributed by atoms with van der Waals surface area (Å²) in [6.45, 7) is 4.35. The van der Waals surface area contributed by atoms with Crippen molar-refractivity contribution in [2.45, 2.75) is 37.5 Å². The van der Waals surface area contributed by atoms with Crippen molar-refractivity contribution in [1.82, 2.24) is 4.98 Å². The van der Waals surface area contributed by atoms with E-state index in [1.54, 1.807) is 24.3 Å². The average molecular weight is 450 g/mol. The molecule has 3 aromatic rings. The van der Waals surface area contributed by atoms with E-state index >= 15 is 0 Å². The summed E-state index contributed by atoms with van der Waals surface area (Å²) < 4.78 is 33.9. The molecule has 2 aliphatic rings. The summed E-state index contributed by atoms with van der Waals surface area (Å²) >= 11 is 0. The fourth-order valence-electron chi connectivity index (χ4n) is 4.75.